The quantitative estimate of drug-likeness (QED) is 0.780. The van der Waals surface area contributed by atoms with Crippen molar-refractivity contribution < 1.29 is 0 Å². The molecule has 0 aromatic heterocycles. The normalized spacial score (nSPS) is 23.1. The first-order valence-electron chi connectivity index (χ1n) is 6.40. The van der Waals surface area contributed by atoms with Gasteiger partial charge in [-0.2, -0.15) is 0 Å². The Hall–Kier alpha value is -1.34. The maximum absolute atomic E-state index is 3.59. The fraction of sp³-hybridized carbons (Fsp3) is 0.375. The lowest BCUT2D eigenvalue weighted by Crippen LogP contribution is -2.36. The van der Waals surface area contributed by atoms with E-state index in [1.165, 1.54) is 22.8 Å². The molecule has 2 aromatic rings. The van der Waals surface area contributed by atoms with Gasteiger partial charge < -0.3 is 5.32 Å². The smallest absolute Gasteiger partial charge is 0.0194 e. The maximum Gasteiger partial charge on any atom is 0.0194 e. The molecule has 1 aliphatic heterocycles. The molecule has 1 fully saturated rings. The highest BCUT2D eigenvalue weighted by molar-refractivity contribution is 5.83. The van der Waals surface area contributed by atoms with Gasteiger partial charge in [0, 0.05) is 11.5 Å². The van der Waals surface area contributed by atoms with Gasteiger partial charge in [0.2, 0.25) is 0 Å². The van der Waals surface area contributed by atoms with Gasteiger partial charge in [-0.25, -0.2) is 0 Å². The molecule has 1 nitrogen and oxygen atoms in total. The molecule has 17 heavy (non-hydrogen) atoms. The summed E-state index contributed by atoms with van der Waals surface area (Å²) < 4.78 is 0. The van der Waals surface area contributed by atoms with Crippen LogP contribution in [0.5, 0.6) is 0 Å². The summed E-state index contributed by atoms with van der Waals surface area (Å²) in [5.41, 5.74) is 1.70. The van der Waals surface area contributed by atoms with E-state index in [1.54, 1.807) is 0 Å². The second kappa shape index (κ2) is 3.85. The van der Waals surface area contributed by atoms with Gasteiger partial charge in [0.15, 0.2) is 0 Å². The van der Waals surface area contributed by atoms with Gasteiger partial charge in [-0.15, -0.1) is 0 Å². The van der Waals surface area contributed by atoms with Crippen molar-refractivity contribution in [2.45, 2.75) is 31.7 Å². The molecular formula is C16H19N. The number of benzene rings is 2. The number of hydrogen-bond donors (Lipinski definition) is 1. The van der Waals surface area contributed by atoms with Crippen LogP contribution in [0.25, 0.3) is 10.8 Å². The van der Waals surface area contributed by atoms with Gasteiger partial charge >= 0.3 is 0 Å². The molecule has 1 saturated heterocycles. The van der Waals surface area contributed by atoms with E-state index in [9.17, 15) is 0 Å². The second-order valence-corrected chi connectivity index (χ2v) is 5.60. The lowest BCUT2D eigenvalue weighted by molar-refractivity contribution is 0.411. The van der Waals surface area contributed by atoms with Gasteiger partial charge in [0.25, 0.3) is 0 Å². The lowest BCUT2D eigenvalue weighted by atomic mass is 9.83. The summed E-state index contributed by atoms with van der Waals surface area (Å²) in [6.45, 7) is 5.74. The Bertz CT molecular complexity index is 542. The second-order valence-electron chi connectivity index (χ2n) is 5.60. The molecule has 1 heteroatoms. The summed E-state index contributed by atoms with van der Waals surface area (Å²) in [7, 11) is 0. The number of nitrogens with one attached hydrogen (secondary N) is 1. The molecule has 88 valence electrons. The van der Waals surface area contributed by atoms with Crippen molar-refractivity contribution in [3.8, 4) is 0 Å². The molecule has 2 aromatic carbocycles. The fourth-order valence-corrected chi connectivity index (χ4v) is 3.03. The minimum Gasteiger partial charge on any atom is -0.311 e. The van der Waals surface area contributed by atoms with Crippen LogP contribution in [-0.2, 0) is 0 Å². The predicted molar refractivity (Wildman–Crippen MR) is 73.4 cm³/mol. The molecule has 1 heterocycles. The van der Waals surface area contributed by atoms with Crippen molar-refractivity contribution in [3.63, 3.8) is 0 Å². The van der Waals surface area contributed by atoms with Gasteiger partial charge in [-0.3, -0.25) is 0 Å². The van der Waals surface area contributed by atoms with Gasteiger partial charge in [-0.05, 0) is 43.1 Å². The number of rotatable bonds is 1. The van der Waals surface area contributed by atoms with E-state index in [1.807, 2.05) is 0 Å². The molecule has 1 atom stereocenters. The highest BCUT2D eigenvalue weighted by atomic mass is 15.0. The first-order chi connectivity index (χ1) is 8.17. The van der Waals surface area contributed by atoms with Gasteiger partial charge in [-0.1, -0.05) is 42.5 Å². The van der Waals surface area contributed by atoms with E-state index < -0.39 is 0 Å². The van der Waals surface area contributed by atoms with Crippen LogP contribution in [-0.4, -0.2) is 12.1 Å². The van der Waals surface area contributed by atoms with Crippen LogP contribution in [0.3, 0.4) is 0 Å². The third-order valence-corrected chi connectivity index (χ3v) is 4.06. The minimum absolute atomic E-state index is 0.225. The average molecular weight is 225 g/mol. The minimum atomic E-state index is 0.225. The third kappa shape index (κ3) is 1.85. The van der Waals surface area contributed by atoms with Crippen LogP contribution >= 0.6 is 0 Å². The van der Waals surface area contributed by atoms with E-state index >= 15 is 0 Å². The van der Waals surface area contributed by atoms with Crippen LogP contribution in [0, 0.1) is 0 Å². The van der Waals surface area contributed by atoms with Crippen LogP contribution in [0.1, 0.15) is 31.7 Å². The van der Waals surface area contributed by atoms with Crippen LogP contribution < -0.4 is 5.32 Å². The van der Waals surface area contributed by atoms with Gasteiger partial charge in [0.05, 0.1) is 0 Å². The maximum atomic E-state index is 3.59. The Kier molecular flexibility index (Phi) is 2.44. The number of fused-ring (bicyclic) bond motifs is 1. The molecule has 1 aliphatic rings. The van der Waals surface area contributed by atoms with E-state index in [4.69, 9.17) is 0 Å². The van der Waals surface area contributed by atoms with E-state index in [0.29, 0.717) is 5.92 Å². The molecule has 0 radical (unpaired) electrons. The van der Waals surface area contributed by atoms with Crippen LogP contribution in [0.15, 0.2) is 42.5 Å². The molecule has 0 aliphatic carbocycles. The molecule has 0 amide bonds. The molecular weight excluding hydrogens is 206 g/mol. The van der Waals surface area contributed by atoms with Crippen molar-refractivity contribution in [2.24, 2.45) is 0 Å². The Balaban J connectivity index is 2.06. The van der Waals surface area contributed by atoms with E-state index in [0.717, 1.165) is 6.54 Å². The molecule has 0 bridgehead atoms. The van der Waals surface area contributed by atoms with Crippen molar-refractivity contribution in [2.75, 3.05) is 6.54 Å². The summed E-state index contributed by atoms with van der Waals surface area (Å²) in [6.07, 6.45) is 1.24. The fourth-order valence-electron chi connectivity index (χ4n) is 3.03. The molecule has 3 rings (SSSR count). The zero-order valence-corrected chi connectivity index (χ0v) is 10.5. The van der Waals surface area contributed by atoms with Crippen molar-refractivity contribution in [1.82, 2.24) is 5.32 Å². The summed E-state index contributed by atoms with van der Waals surface area (Å²) in [5.74, 6) is 0.632. The molecule has 0 saturated carbocycles. The SMILES string of the molecule is CC1(C)NCCC1c1ccc2ccccc2c1. The Morgan fingerprint density at radius 3 is 2.53 bits per heavy atom. The van der Waals surface area contributed by atoms with Crippen LogP contribution in [0.2, 0.25) is 0 Å². The molecule has 0 spiro atoms. The summed E-state index contributed by atoms with van der Waals surface area (Å²) in [4.78, 5) is 0. The predicted octanol–water partition coefficient (Wildman–Crippen LogP) is 3.70. The first kappa shape index (κ1) is 10.8. The van der Waals surface area contributed by atoms with Crippen LogP contribution in [0.4, 0.5) is 0 Å². The average Bonchev–Trinajstić information content (AvgIpc) is 2.68. The number of hydrogen-bond acceptors (Lipinski definition) is 1. The van der Waals surface area contributed by atoms with E-state index in [2.05, 4.69) is 61.6 Å². The van der Waals surface area contributed by atoms with E-state index in [-0.39, 0.29) is 5.54 Å². The molecule has 1 N–H and O–H groups in total. The lowest BCUT2D eigenvalue weighted by Gasteiger charge is -2.27. The standard InChI is InChI=1S/C16H19N/c1-16(2)15(9-10-17-16)14-8-7-12-5-3-4-6-13(12)11-14/h3-8,11,15,17H,9-10H2,1-2H3. The topological polar surface area (TPSA) is 12.0 Å². The highest BCUT2D eigenvalue weighted by Crippen LogP contribution is 2.36. The van der Waals surface area contributed by atoms with Gasteiger partial charge in [0.1, 0.15) is 0 Å². The third-order valence-electron chi connectivity index (χ3n) is 4.06. The Morgan fingerprint density at radius 2 is 1.82 bits per heavy atom. The monoisotopic (exact) mass is 225 g/mol. The largest absolute Gasteiger partial charge is 0.311 e. The summed E-state index contributed by atoms with van der Waals surface area (Å²) >= 11 is 0. The summed E-state index contributed by atoms with van der Waals surface area (Å²) in [6, 6.07) is 15.5. The van der Waals surface area contributed by atoms with Crippen molar-refractivity contribution in [3.05, 3.63) is 48.0 Å². The van der Waals surface area contributed by atoms with Crippen molar-refractivity contribution in [1.29, 1.82) is 0 Å². The highest BCUT2D eigenvalue weighted by Gasteiger charge is 2.34. The zero-order valence-electron chi connectivity index (χ0n) is 10.5. The summed E-state index contributed by atoms with van der Waals surface area (Å²) in [5, 5.41) is 6.28. The first-order valence-corrected chi connectivity index (χ1v) is 6.40. The Labute approximate surface area is 103 Å². The Morgan fingerprint density at radius 1 is 1.06 bits per heavy atom. The van der Waals surface area contributed by atoms with Crippen molar-refractivity contribution >= 4 is 10.8 Å². The zero-order chi connectivity index (χ0) is 11.9. The molecule has 1 unspecified atom stereocenters.